The number of nitrogens with zero attached hydrogens (tertiary/aromatic N) is 1. The van der Waals surface area contributed by atoms with E-state index in [0.717, 1.165) is 0 Å². The smallest absolute Gasteiger partial charge is 0.326 e. The summed E-state index contributed by atoms with van der Waals surface area (Å²) >= 11 is 11.6. The lowest BCUT2D eigenvalue weighted by atomic mass is 10.2. The van der Waals surface area contributed by atoms with Crippen LogP contribution in [0.25, 0.3) is 0 Å². The number of amides is 1. The first-order chi connectivity index (χ1) is 9.86. The molecular formula is C14H17Cl2NO4. The summed E-state index contributed by atoms with van der Waals surface area (Å²) in [6, 6.07) is 3.99. The molecule has 1 rings (SSSR count). The van der Waals surface area contributed by atoms with E-state index in [1.54, 1.807) is 25.1 Å². The second-order valence-corrected chi connectivity index (χ2v) is 5.26. The summed E-state index contributed by atoms with van der Waals surface area (Å²) in [7, 11) is 1.48. The quantitative estimate of drug-likeness (QED) is 0.832. The van der Waals surface area contributed by atoms with E-state index in [4.69, 9.17) is 33.0 Å². The van der Waals surface area contributed by atoms with Crippen molar-refractivity contribution in [2.45, 2.75) is 25.8 Å². The minimum Gasteiger partial charge on any atom is -0.493 e. The molecule has 0 aliphatic rings. The van der Waals surface area contributed by atoms with Crippen molar-refractivity contribution in [3.8, 4) is 5.75 Å². The number of carboxylic acids is 1. The van der Waals surface area contributed by atoms with Gasteiger partial charge in [-0.25, -0.2) is 4.79 Å². The van der Waals surface area contributed by atoms with Gasteiger partial charge >= 0.3 is 5.97 Å². The third-order valence-corrected chi connectivity index (χ3v) is 3.75. The van der Waals surface area contributed by atoms with Gasteiger partial charge in [0.05, 0.1) is 23.1 Å². The number of carbonyl (C=O) groups excluding carboxylic acids is 1. The van der Waals surface area contributed by atoms with E-state index in [9.17, 15) is 9.59 Å². The van der Waals surface area contributed by atoms with Crippen molar-refractivity contribution < 1.29 is 19.4 Å². The third-order valence-electron chi connectivity index (χ3n) is 3.01. The fourth-order valence-electron chi connectivity index (χ4n) is 1.79. The van der Waals surface area contributed by atoms with Gasteiger partial charge in [-0.05, 0) is 18.6 Å². The summed E-state index contributed by atoms with van der Waals surface area (Å²) in [6.07, 6.45) is 0.436. The Hall–Kier alpha value is -1.46. The number of ether oxygens (including phenoxy) is 1. The number of rotatable bonds is 7. The monoisotopic (exact) mass is 333 g/mol. The van der Waals surface area contributed by atoms with Gasteiger partial charge in [-0.2, -0.15) is 0 Å². The van der Waals surface area contributed by atoms with Crippen LogP contribution in [-0.2, 0) is 9.59 Å². The molecule has 0 fully saturated rings. The highest BCUT2D eigenvalue weighted by molar-refractivity contribution is 6.42. The molecule has 0 radical (unpaired) electrons. The van der Waals surface area contributed by atoms with Gasteiger partial charge in [-0.15, -0.1) is 0 Å². The van der Waals surface area contributed by atoms with E-state index < -0.39 is 12.0 Å². The summed E-state index contributed by atoms with van der Waals surface area (Å²) in [4.78, 5) is 24.1. The van der Waals surface area contributed by atoms with Crippen molar-refractivity contribution in [2.75, 3.05) is 13.7 Å². The molecule has 1 aromatic rings. The van der Waals surface area contributed by atoms with Crippen LogP contribution in [0.5, 0.6) is 5.75 Å². The summed E-state index contributed by atoms with van der Waals surface area (Å²) in [5.74, 6) is -0.798. The molecule has 7 heteroatoms. The summed E-state index contributed by atoms with van der Waals surface area (Å²) in [6.45, 7) is 1.85. The molecule has 1 atom stereocenters. The van der Waals surface area contributed by atoms with E-state index >= 15 is 0 Å². The van der Waals surface area contributed by atoms with E-state index in [2.05, 4.69) is 0 Å². The highest BCUT2D eigenvalue weighted by atomic mass is 35.5. The van der Waals surface area contributed by atoms with Crippen molar-refractivity contribution in [1.29, 1.82) is 0 Å². The van der Waals surface area contributed by atoms with Gasteiger partial charge in [0.2, 0.25) is 5.91 Å². The Balaban J connectivity index is 2.49. The highest BCUT2D eigenvalue weighted by Gasteiger charge is 2.24. The first-order valence-electron chi connectivity index (χ1n) is 6.43. The third kappa shape index (κ3) is 5.10. The zero-order valence-electron chi connectivity index (χ0n) is 11.8. The van der Waals surface area contributed by atoms with Crippen molar-refractivity contribution in [3.05, 3.63) is 28.2 Å². The van der Waals surface area contributed by atoms with Crippen molar-refractivity contribution in [3.63, 3.8) is 0 Å². The minimum absolute atomic E-state index is 0.0839. The number of hydrogen-bond donors (Lipinski definition) is 1. The molecular weight excluding hydrogens is 317 g/mol. The number of benzene rings is 1. The van der Waals surface area contributed by atoms with Crippen molar-refractivity contribution in [1.82, 2.24) is 4.90 Å². The molecule has 1 unspecified atom stereocenters. The molecule has 5 nitrogen and oxygen atoms in total. The van der Waals surface area contributed by atoms with Gasteiger partial charge < -0.3 is 14.7 Å². The molecule has 0 aromatic heterocycles. The molecule has 0 aliphatic carbocycles. The van der Waals surface area contributed by atoms with Crippen molar-refractivity contribution in [2.24, 2.45) is 0 Å². The zero-order valence-corrected chi connectivity index (χ0v) is 13.3. The van der Waals surface area contributed by atoms with Gasteiger partial charge in [-0.3, -0.25) is 4.79 Å². The normalized spacial score (nSPS) is 11.8. The molecule has 1 N–H and O–H groups in total. The Morgan fingerprint density at radius 1 is 1.33 bits per heavy atom. The van der Waals surface area contributed by atoms with Crippen LogP contribution >= 0.6 is 23.2 Å². The van der Waals surface area contributed by atoms with Crippen LogP contribution in [0.2, 0.25) is 10.0 Å². The SMILES string of the molecule is CCC(C(=O)O)N(C)C(=O)CCOc1ccc(Cl)c(Cl)c1. The number of carboxylic acid groups (broad SMARTS) is 1. The Bertz CT molecular complexity index is 522. The van der Waals surface area contributed by atoms with Crippen LogP contribution in [0.1, 0.15) is 19.8 Å². The maximum absolute atomic E-state index is 11.9. The van der Waals surface area contributed by atoms with E-state index in [-0.39, 0.29) is 18.9 Å². The van der Waals surface area contributed by atoms with Gasteiger partial charge in [0.15, 0.2) is 0 Å². The highest BCUT2D eigenvalue weighted by Crippen LogP contribution is 2.26. The number of hydrogen-bond acceptors (Lipinski definition) is 3. The molecule has 0 spiro atoms. The Kier molecular flexibility index (Phi) is 6.78. The zero-order chi connectivity index (χ0) is 16.0. The lowest BCUT2D eigenvalue weighted by molar-refractivity contribution is -0.149. The topological polar surface area (TPSA) is 66.8 Å². The van der Waals surface area contributed by atoms with E-state index in [1.165, 1.54) is 11.9 Å². The average Bonchev–Trinajstić information content (AvgIpc) is 2.42. The molecule has 0 aliphatic heterocycles. The summed E-state index contributed by atoms with van der Waals surface area (Å²) < 4.78 is 5.40. The summed E-state index contributed by atoms with van der Waals surface area (Å²) in [5, 5.41) is 9.79. The van der Waals surface area contributed by atoms with Gasteiger partial charge in [0.1, 0.15) is 11.8 Å². The average molecular weight is 334 g/mol. The first-order valence-corrected chi connectivity index (χ1v) is 7.18. The summed E-state index contributed by atoms with van der Waals surface area (Å²) in [5.41, 5.74) is 0. The standard InChI is InChI=1S/C14H17Cl2NO4/c1-3-12(14(19)20)17(2)13(18)6-7-21-9-4-5-10(15)11(16)8-9/h4-5,8,12H,3,6-7H2,1-2H3,(H,19,20). The number of likely N-dealkylation sites (N-methyl/N-ethyl adjacent to an activating group) is 1. The minimum atomic E-state index is -1.02. The van der Waals surface area contributed by atoms with Gasteiger partial charge in [-0.1, -0.05) is 30.1 Å². The number of carbonyl (C=O) groups is 2. The van der Waals surface area contributed by atoms with Crippen LogP contribution < -0.4 is 4.74 Å². The van der Waals surface area contributed by atoms with Crippen LogP contribution in [0.15, 0.2) is 18.2 Å². The number of halogens is 2. The molecule has 1 amide bonds. The lowest BCUT2D eigenvalue weighted by Gasteiger charge is -2.23. The maximum atomic E-state index is 11.9. The molecule has 0 saturated heterocycles. The Labute approximate surface area is 133 Å². The predicted molar refractivity (Wildman–Crippen MR) is 81.1 cm³/mol. The predicted octanol–water partition coefficient (Wildman–Crippen LogP) is 3.08. The molecule has 116 valence electrons. The van der Waals surface area contributed by atoms with Crippen LogP contribution in [0.3, 0.4) is 0 Å². The van der Waals surface area contributed by atoms with E-state index in [1.807, 2.05) is 0 Å². The fourth-order valence-corrected chi connectivity index (χ4v) is 2.08. The second kappa shape index (κ2) is 8.10. The van der Waals surface area contributed by atoms with Gasteiger partial charge in [0.25, 0.3) is 0 Å². The largest absolute Gasteiger partial charge is 0.493 e. The number of aliphatic carboxylic acids is 1. The lowest BCUT2D eigenvalue weighted by Crippen LogP contribution is -2.42. The fraction of sp³-hybridized carbons (Fsp3) is 0.429. The van der Waals surface area contributed by atoms with Crippen LogP contribution in [-0.4, -0.2) is 41.6 Å². The van der Waals surface area contributed by atoms with Crippen LogP contribution in [0.4, 0.5) is 0 Å². The Morgan fingerprint density at radius 3 is 2.52 bits per heavy atom. The van der Waals surface area contributed by atoms with Crippen LogP contribution in [0, 0.1) is 0 Å². The molecule has 0 bridgehead atoms. The van der Waals surface area contributed by atoms with Gasteiger partial charge in [0, 0.05) is 13.1 Å². The molecule has 0 saturated carbocycles. The first kappa shape index (κ1) is 17.6. The van der Waals surface area contributed by atoms with E-state index in [0.29, 0.717) is 22.2 Å². The maximum Gasteiger partial charge on any atom is 0.326 e. The molecule has 0 heterocycles. The van der Waals surface area contributed by atoms with Crippen molar-refractivity contribution >= 4 is 35.1 Å². The molecule has 1 aromatic carbocycles. The second-order valence-electron chi connectivity index (χ2n) is 4.44. The molecule has 21 heavy (non-hydrogen) atoms. The Morgan fingerprint density at radius 2 is 2.00 bits per heavy atom.